The third kappa shape index (κ3) is 2.55. The van der Waals surface area contributed by atoms with Crippen molar-refractivity contribution in [2.75, 3.05) is 13.2 Å². The Hall–Kier alpha value is -0.610. The molecule has 0 amide bonds. The molecule has 1 saturated carbocycles. The smallest absolute Gasteiger partial charge is 0.308 e. The highest BCUT2D eigenvalue weighted by Crippen LogP contribution is 2.29. The Morgan fingerprint density at radius 3 is 2.50 bits per heavy atom. The Bertz CT molecular complexity index is 251. The average molecular weight is 227 g/mol. The van der Waals surface area contributed by atoms with Gasteiger partial charge in [-0.3, -0.25) is 4.79 Å². The average Bonchev–Trinajstić information content (AvgIpc) is 2.24. The summed E-state index contributed by atoms with van der Waals surface area (Å²) >= 11 is 0. The first-order valence-corrected chi connectivity index (χ1v) is 6.25. The molecule has 2 rings (SSSR count). The zero-order valence-corrected chi connectivity index (χ0v) is 9.82. The lowest BCUT2D eigenvalue weighted by Crippen LogP contribution is -2.52. The van der Waals surface area contributed by atoms with E-state index < -0.39 is 5.97 Å². The monoisotopic (exact) mass is 227 g/mol. The molecule has 0 aromatic rings. The lowest BCUT2D eigenvalue weighted by Gasteiger charge is -2.39. The maximum atomic E-state index is 10.9. The second kappa shape index (κ2) is 5.15. The number of carbonyl (C=O) groups is 1. The van der Waals surface area contributed by atoms with E-state index in [-0.39, 0.29) is 12.0 Å². The van der Waals surface area contributed by atoms with Crippen LogP contribution in [0.25, 0.3) is 0 Å². The van der Waals surface area contributed by atoms with Gasteiger partial charge in [-0.05, 0) is 38.5 Å². The third-order valence-corrected chi connectivity index (χ3v) is 4.04. The van der Waals surface area contributed by atoms with Crippen LogP contribution in [-0.2, 0) is 9.53 Å². The zero-order valence-electron chi connectivity index (χ0n) is 9.82. The molecule has 1 heterocycles. The van der Waals surface area contributed by atoms with Crippen molar-refractivity contribution in [3.8, 4) is 0 Å². The number of aliphatic carboxylic acids is 1. The molecule has 3 unspecified atom stereocenters. The summed E-state index contributed by atoms with van der Waals surface area (Å²) in [5, 5.41) is 12.4. The molecular formula is C12H21NO3. The van der Waals surface area contributed by atoms with Crippen LogP contribution in [-0.4, -0.2) is 36.4 Å². The van der Waals surface area contributed by atoms with Crippen LogP contribution in [0.1, 0.15) is 32.6 Å². The lowest BCUT2D eigenvalue weighted by molar-refractivity contribution is -0.146. The first-order chi connectivity index (χ1) is 7.68. The SMILES string of the molecule is CC(NC1CCC1C(=O)O)C1CCOCC1. The van der Waals surface area contributed by atoms with E-state index in [9.17, 15) is 4.79 Å². The van der Waals surface area contributed by atoms with Gasteiger partial charge in [0.2, 0.25) is 0 Å². The van der Waals surface area contributed by atoms with Crippen molar-refractivity contribution in [2.45, 2.75) is 44.7 Å². The number of carboxylic acid groups (broad SMARTS) is 1. The molecule has 2 fully saturated rings. The molecule has 0 spiro atoms. The number of nitrogens with one attached hydrogen (secondary N) is 1. The minimum absolute atomic E-state index is 0.165. The quantitative estimate of drug-likeness (QED) is 0.759. The van der Waals surface area contributed by atoms with Crippen molar-refractivity contribution in [2.24, 2.45) is 11.8 Å². The molecule has 4 heteroatoms. The van der Waals surface area contributed by atoms with E-state index in [0.29, 0.717) is 12.0 Å². The van der Waals surface area contributed by atoms with Crippen LogP contribution < -0.4 is 5.32 Å². The second-order valence-electron chi connectivity index (χ2n) is 5.03. The molecule has 0 aromatic heterocycles. The van der Waals surface area contributed by atoms with Gasteiger partial charge in [0.1, 0.15) is 0 Å². The van der Waals surface area contributed by atoms with Crippen LogP contribution in [0.2, 0.25) is 0 Å². The summed E-state index contributed by atoms with van der Waals surface area (Å²) in [6, 6.07) is 0.603. The Morgan fingerprint density at radius 2 is 2.00 bits per heavy atom. The van der Waals surface area contributed by atoms with E-state index in [1.54, 1.807) is 0 Å². The minimum atomic E-state index is -0.650. The Morgan fingerprint density at radius 1 is 1.31 bits per heavy atom. The fraction of sp³-hybridized carbons (Fsp3) is 0.917. The van der Waals surface area contributed by atoms with Crippen molar-refractivity contribution < 1.29 is 14.6 Å². The summed E-state index contributed by atoms with van der Waals surface area (Å²) in [5.74, 6) is -0.172. The summed E-state index contributed by atoms with van der Waals surface area (Å²) in [7, 11) is 0. The number of hydrogen-bond donors (Lipinski definition) is 2. The second-order valence-corrected chi connectivity index (χ2v) is 5.03. The van der Waals surface area contributed by atoms with Crippen LogP contribution in [0.3, 0.4) is 0 Å². The van der Waals surface area contributed by atoms with Gasteiger partial charge in [-0.1, -0.05) is 0 Å². The molecule has 2 N–H and O–H groups in total. The molecule has 3 atom stereocenters. The predicted molar refractivity (Wildman–Crippen MR) is 60.3 cm³/mol. The van der Waals surface area contributed by atoms with Gasteiger partial charge in [-0.15, -0.1) is 0 Å². The van der Waals surface area contributed by atoms with Crippen molar-refractivity contribution >= 4 is 5.97 Å². The van der Waals surface area contributed by atoms with Crippen molar-refractivity contribution in [3.63, 3.8) is 0 Å². The highest BCUT2D eigenvalue weighted by Gasteiger charge is 2.37. The summed E-state index contributed by atoms with van der Waals surface area (Å²) in [6.07, 6.45) is 4.02. The molecule has 2 aliphatic rings. The fourth-order valence-corrected chi connectivity index (χ4v) is 2.68. The van der Waals surface area contributed by atoms with Crippen LogP contribution in [0, 0.1) is 11.8 Å². The Balaban J connectivity index is 1.78. The van der Waals surface area contributed by atoms with Gasteiger partial charge >= 0.3 is 5.97 Å². The summed E-state index contributed by atoms with van der Waals surface area (Å²) in [4.78, 5) is 10.9. The molecule has 0 aromatic carbocycles. The highest BCUT2D eigenvalue weighted by molar-refractivity contribution is 5.72. The number of hydrogen-bond acceptors (Lipinski definition) is 3. The normalized spacial score (nSPS) is 33.1. The molecule has 1 aliphatic heterocycles. The topological polar surface area (TPSA) is 58.6 Å². The summed E-state index contributed by atoms with van der Waals surface area (Å²) in [5.41, 5.74) is 0. The van der Waals surface area contributed by atoms with Crippen LogP contribution in [0.15, 0.2) is 0 Å². The third-order valence-electron chi connectivity index (χ3n) is 4.04. The van der Waals surface area contributed by atoms with Gasteiger partial charge in [-0.25, -0.2) is 0 Å². The van der Waals surface area contributed by atoms with Crippen LogP contribution >= 0.6 is 0 Å². The van der Waals surface area contributed by atoms with Crippen LogP contribution in [0.5, 0.6) is 0 Å². The van der Waals surface area contributed by atoms with Gasteiger partial charge in [-0.2, -0.15) is 0 Å². The number of rotatable bonds is 4. The highest BCUT2D eigenvalue weighted by atomic mass is 16.5. The lowest BCUT2D eigenvalue weighted by atomic mass is 9.78. The predicted octanol–water partition coefficient (Wildman–Crippen LogP) is 1.25. The minimum Gasteiger partial charge on any atom is -0.481 e. The van der Waals surface area contributed by atoms with Gasteiger partial charge in [0, 0.05) is 25.3 Å². The maximum Gasteiger partial charge on any atom is 0.308 e. The van der Waals surface area contributed by atoms with Crippen LogP contribution in [0.4, 0.5) is 0 Å². The Labute approximate surface area is 96.4 Å². The maximum absolute atomic E-state index is 10.9. The molecule has 92 valence electrons. The number of carboxylic acids is 1. The van der Waals surface area contributed by atoms with Gasteiger partial charge < -0.3 is 15.2 Å². The molecule has 0 radical (unpaired) electrons. The fourth-order valence-electron chi connectivity index (χ4n) is 2.68. The van der Waals surface area contributed by atoms with E-state index in [0.717, 1.165) is 38.9 Å². The molecule has 1 aliphatic carbocycles. The summed E-state index contributed by atoms with van der Waals surface area (Å²) < 4.78 is 5.33. The first kappa shape index (κ1) is 11.9. The van der Waals surface area contributed by atoms with E-state index in [4.69, 9.17) is 9.84 Å². The first-order valence-electron chi connectivity index (χ1n) is 6.25. The molecule has 0 bridgehead atoms. The summed E-state index contributed by atoms with van der Waals surface area (Å²) in [6.45, 7) is 3.88. The molecule has 1 saturated heterocycles. The van der Waals surface area contributed by atoms with Gasteiger partial charge in [0.25, 0.3) is 0 Å². The van der Waals surface area contributed by atoms with Crippen molar-refractivity contribution in [1.82, 2.24) is 5.32 Å². The Kier molecular flexibility index (Phi) is 3.82. The standard InChI is InChI=1S/C12H21NO3/c1-8(9-4-6-16-7-5-9)13-11-3-2-10(11)12(14)15/h8-11,13H,2-7H2,1H3,(H,14,15). The molecule has 16 heavy (non-hydrogen) atoms. The van der Waals surface area contributed by atoms with Gasteiger partial charge in [0.05, 0.1) is 5.92 Å². The van der Waals surface area contributed by atoms with Crippen molar-refractivity contribution in [3.05, 3.63) is 0 Å². The van der Waals surface area contributed by atoms with E-state index in [2.05, 4.69) is 12.2 Å². The van der Waals surface area contributed by atoms with Gasteiger partial charge in [0.15, 0.2) is 0 Å². The van der Waals surface area contributed by atoms with E-state index in [1.165, 1.54) is 0 Å². The number of ether oxygens (including phenoxy) is 1. The zero-order chi connectivity index (χ0) is 11.5. The largest absolute Gasteiger partial charge is 0.481 e. The molecular weight excluding hydrogens is 206 g/mol. The molecule has 4 nitrogen and oxygen atoms in total. The van der Waals surface area contributed by atoms with E-state index in [1.807, 2.05) is 0 Å². The van der Waals surface area contributed by atoms with Crippen molar-refractivity contribution in [1.29, 1.82) is 0 Å². The van der Waals surface area contributed by atoms with E-state index >= 15 is 0 Å².